The molecule has 50 valence electrons. The molecular formula is C5H12LiO2P. The van der Waals surface area contributed by atoms with Gasteiger partial charge in [-0.15, -0.1) is 0 Å². The van der Waals surface area contributed by atoms with E-state index in [0.29, 0.717) is 6.16 Å². The van der Waals surface area contributed by atoms with Gasteiger partial charge in [-0.2, -0.15) is 0 Å². The Balaban J connectivity index is 0. The molecule has 0 aromatic rings. The summed E-state index contributed by atoms with van der Waals surface area (Å²) in [5.74, 6) is 0. The van der Waals surface area contributed by atoms with Crippen molar-refractivity contribution in [3.63, 3.8) is 0 Å². The Morgan fingerprint density at radius 1 is 1.44 bits per heavy atom. The van der Waals surface area contributed by atoms with Crippen molar-refractivity contribution in [1.29, 1.82) is 0 Å². The first-order chi connectivity index (χ1) is 3.77. The van der Waals surface area contributed by atoms with Crippen LogP contribution in [0.5, 0.6) is 0 Å². The normalized spacial score (nSPS) is 12.2. The second-order valence-corrected chi connectivity index (χ2v) is 3.07. The van der Waals surface area contributed by atoms with Crippen LogP contribution < -0.4 is 23.8 Å². The molecule has 0 saturated carbocycles. The molecule has 0 N–H and O–H groups in total. The van der Waals surface area contributed by atoms with Gasteiger partial charge >= 0.3 is 18.9 Å². The Morgan fingerprint density at radius 3 is 2.33 bits per heavy atom. The molecule has 0 fully saturated rings. The van der Waals surface area contributed by atoms with E-state index in [1.165, 1.54) is 0 Å². The zero-order chi connectivity index (χ0) is 6.41. The summed E-state index contributed by atoms with van der Waals surface area (Å²) in [6, 6.07) is 0. The van der Waals surface area contributed by atoms with Crippen molar-refractivity contribution < 1.29 is 28.3 Å². The van der Waals surface area contributed by atoms with E-state index in [4.69, 9.17) is 0 Å². The summed E-state index contributed by atoms with van der Waals surface area (Å²) in [7, 11) is -2.41. The Kier molecular flexibility index (Phi) is 12.2. The van der Waals surface area contributed by atoms with Crippen molar-refractivity contribution in [2.75, 3.05) is 6.16 Å². The zero-order valence-electron chi connectivity index (χ0n) is 6.14. The smallest absolute Gasteiger partial charge is 0.802 e. The first kappa shape index (κ1) is 12.5. The molecule has 0 aromatic heterocycles. The van der Waals surface area contributed by atoms with E-state index in [9.17, 15) is 9.46 Å². The predicted octanol–water partition coefficient (Wildman–Crippen LogP) is -1.98. The van der Waals surface area contributed by atoms with Gasteiger partial charge in [-0.25, -0.2) is 0 Å². The van der Waals surface area contributed by atoms with Crippen molar-refractivity contribution in [3.8, 4) is 0 Å². The maximum absolute atomic E-state index is 9.95. The van der Waals surface area contributed by atoms with Crippen LogP contribution in [0.15, 0.2) is 0 Å². The molecule has 0 radical (unpaired) electrons. The van der Waals surface area contributed by atoms with E-state index in [-0.39, 0.29) is 18.9 Å². The van der Waals surface area contributed by atoms with Crippen LogP contribution >= 0.6 is 8.03 Å². The van der Waals surface area contributed by atoms with Crippen LogP contribution in [-0.2, 0) is 4.57 Å². The maximum atomic E-state index is 9.95. The monoisotopic (exact) mass is 142 g/mol. The minimum Gasteiger partial charge on any atom is -0.802 e. The summed E-state index contributed by atoms with van der Waals surface area (Å²) in [5.41, 5.74) is 0. The van der Waals surface area contributed by atoms with Crippen molar-refractivity contribution in [1.82, 2.24) is 0 Å². The van der Waals surface area contributed by atoms with Gasteiger partial charge in [0, 0.05) is 8.03 Å². The van der Waals surface area contributed by atoms with Crippen molar-refractivity contribution in [2.24, 2.45) is 0 Å². The van der Waals surface area contributed by atoms with Crippen molar-refractivity contribution in [3.05, 3.63) is 0 Å². The first-order valence-corrected chi connectivity index (χ1v) is 4.49. The average molecular weight is 142 g/mol. The fourth-order valence-corrected chi connectivity index (χ4v) is 1.06. The molecule has 0 rings (SSSR count). The van der Waals surface area contributed by atoms with Gasteiger partial charge in [-0.1, -0.05) is 19.8 Å². The van der Waals surface area contributed by atoms with Gasteiger partial charge in [0.2, 0.25) is 0 Å². The molecule has 0 aliphatic heterocycles. The fraction of sp³-hybridized carbons (Fsp3) is 1.00. The van der Waals surface area contributed by atoms with E-state index < -0.39 is 8.03 Å². The van der Waals surface area contributed by atoms with E-state index in [2.05, 4.69) is 6.92 Å². The average Bonchev–Trinajstić information content (AvgIpc) is 1.66. The molecule has 0 amide bonds. The Bertz CT molecular complexity index is 77.4. The van der Waals surface area contributed by atoms with Gasteiger partial charge in [0.25, 0.3) is 0 Å². The summed E-state index contributed by atoms with van der Waals surface area (Å²) < 4.78 is 9.95. The SMILES string of the molecule is CCCCC[PH](=O)[O-].[Li+]. The summed E-state index contributed by atoms with van der Waals surface area (Å²) in [5, 5.41) is 0. The number of unbranched alkanes of at least 4 members (excludes halogenated alkanes) is 2. The molecule has 9 heavy (non-hydrogen) atoms. The molecule has 0 spiro atoms. The molecule has 1 atom stereocenters. The van der Waals surface area contributed by atoms with Gasteiger partial charge in [-0.3, -0.25) is 0 Å². The number of hydrogen-bond donors (Lipinski definition) is 0. The molecule has 0 aliphatic carbocycles. The molecule has 1 unspecified atom stereocenters. The van der Waals surface area contributed by atoms with E-state index in [1.807, 2.05) is 0 Å². The maximum Gasteiger partial charge on any atom is 1.00 e. The third-order valence-corrected chi connectivity index (χ3v) is 1.75. The van der Waals surface area contributed by atoms with Crippen LogP contribution in [0.1, 0.15) is 26.2 Å². The molecule has 2 nitrogen and oxygen atoms in total. The van der Waals surface area contributed by atoms with E-state index >= 15 is 0 Å². The molecule has 0 saturated heterocycles. The van der Waals surface area contributed by atoms with E-state index in [0.717, 1.165) is 19.3 Å². The number of hydrogen-bond acceptors (Lipinski definition) is 2. The summed E-state index contributed by atoms with van der Waals surface area (Å²) in [6.45, 7) is 2.06. The molecule has 0 aliphatic rings. The molecule has 0 aromatic carbocycles. The topological polar surface area (TPSA) is 40.1 Å². The summed E-state index contributed by atoms with van der Waals surface area (Å²) >= 11 is 0. The minimum atomic E-state index is -2.41. The van der Waals surface area contributed by atoms with Crippen molar-refractivity contribution in [2.45, 2.75) is 26.2 Å². The van der Waals surface area contributed by atoms with Gasteiger partial charge in [-0.05, 0) is 12.6 Å². The minimum absolute atomic E-state index is 0. The van der Waals surface area contributed by atoms with Crippen LogP contribution in [0.2, 0.25) is 0 Å². The standard InChI is InChI=1S/C5H13O2P.Li/c1-2-3-4-5-8(6)7;/h8H,2-5H2,1H3,(H,6,7);/q;+1/p-1. The molecule has 0 heterocycles. The third kappa shape index (κ3) is 12.1. The molecule has 4 heteroatoms. The first-order valence-electron chi connectivity index (χ1n) is 2.97. The second kappa shape index (κ2) is 8.79. The van der Waals surface area contributed by atoms with Crippen LogP contribution in [0, 0.1) is 0 Å². The van der Waals surface area contributed by atoms with Gasteiger partial charge in [0.05, 0.1) is 0 Å². The van der Waals surface area contributed by atoms with Crippen LogP contribution in [-0.4, -0.2) is 6.16 Å². The van der Waals surface area contributed by atoms with Crippen LogP contribution in [0.25, 0.3) is 0 Å². The molecule has 0 bridgehead atoms. The quantitative estimate of drug-likeness (QED) is 0.259. The third-order valence-electron chi connectivity index (χ3n) is 0.984. The summed E-state index contributed by atoms with van der Waals surface area (Å²) in [4.78, 5) is 9.95. The predicted molar refractivity (Wildman–Crippen MR) is 33.4 cm³/mol. The van der Waals surface area contributed by atoms with Gasteiger partial charge in [0.1, 0.15) is 0 Å². The summed E-state index contributed by atoms with van der Waals surface area (Å²) in [6.07, 6.45) is 3.38. The second-order valence-electron chi connectivity index (χ2n) is 1.83. The van der Waals surface area contributed by atoms with Crippen molar-refractivity contribution >= 4 is 8.03 Å². The van der Waals surface area contributed by atoms with Crippen LogP contribution in [0.3, 0.4) is 0 Å². The van der Waals surface area contributed by atoms with Gasteiger partial charge in [0.15, 0.2) is 0 Å². The Morgan fingerprint density at radius 2 is 2.00 bits per heavy atom. The Labute approximate surface area is 69.1 Å². The van der Waals surface area contributed by atoms with Crippen LogP contribution in [0.4, 0.5) is 0 Å². The zero-order valence-corrected chi connectivity index (χ0v) is 7.14. The number of rotatable bonds is 4. The Hall–Kier alpha value is 0.787. The fourth-order valence-electron chi connectivity index (χ4n) is 0.519. The largest absolute Gasteiger partial charge is 1.00 e. The molecular weight excluding hydrogens is 130 g/mol. The van der Waals surface area contributed by atoms with E-state index in [1.54, 1.807) is 0 Å². The van der Waals surface area contributed by atoms with Gasteiger partial charge < -0.3 is 9.46 Å².